The minimum Gasteiger partial charge on any atom is -0.351 e. The third-order valence-corrected chi connectivity index (χ3v) is 7.40. The summed E-state index contributed by atoms with van der Waals surface area (Å²) in [6, 6.07) is 3.23. The molecule has 2 aliphatic heterocycles. The van der Waals surface area contributed by atoms with Crippen molar-refractivity contribution in [3.8, 4) is 0 Å². The van der Waals surface area contributed by atoms with Crippen molar-refractivity contribution in [2.24, 2.45) is 14.1 Å². The van der Waals surface area contributed by atoms with E-state index >= 15 is 0 Å². The molecule has 2 aliphatic rings. The first kappa shape index (κ1) is 23.3. The lowest BCUT2D eigenvalue weighted by atomic mass is 10.0. The number of amides is 1. The molecule has 0 spiro atoms. The molecule has 2 fully saturated rings. The van der Waals surface area contributed by atoms with Crippen LogP contribution in [-0.2, 0) is 14.1 Å². The van der Waals surface area contributed by atoms with Crippen molar-refractivity contribution in [2.75, 3.05) is 23.7 Å². The van der Waals surface area contributed by atoms with Crippen LogP contribution in [0.4, 0.5) is 23.1 Å². The van der Waals surface area contributed by atoms with Crippen molar-refractivity contribution >= 4 is 40.1 Å². The first-order chi connectivity index (χ1) is 17.9. The van der Waals surface area contributed by atoms with E-state index in [2.05, 4.69) is 46.0 Å². The second-order valence-corrected chi connectivity index (χ2v) is 9.87. The number of hydrogen-bond acceptors (Lipinski definition) is 9. The van der Waals surface area contributed by atoms with Crippen LogP contribution < -0.4 is 16.0 Å². The molecule has 12 heteroatoms. The molecule has 6 heterocycles. The molecular weight excluding hydrogens is 470 g/mol. The van der Waals surface area contributed by atoms with Crippen LogP contribution in [0.25, 0.3) is 11.0 Å². The van der Waals surface area contributed by atoms with Crippen molar-refractivity contribution in [3.63, 3.8) is 0 Å². The Hall–Kier alpha value is -4.06. The average molecular weight is 502 g/mol. The van der Waals surface area contributed by atoms with Crippen molar-refractivity contribution < 1.29 is 4.79 Å². The highest BCUT2D eigenvalue weighted by Crippen LogP contribution is 2.36. The number of hydrogen-bond donors (Lipinski definition) is 3. The molecule has 0 saturated carbocycles. The average Bonchev–Trinajstić information content (AvgIpc) is 3.66. The van der Waals surface area contributed by atoms with Gasteiger partial charge in [0.15, 0.2) is 11.5 Å². The number of nitrogens with zero attached hydrogens (tertiary/aromatic N) is 8. The number of aromatic nitrogens is 7. The van der Waals surface area contributed by atoms with Gasteiger partial charge < -0.3 is 16.0 Å². The molecule has 0 radical (unpaired) electrons. The van der Waals surface area contributed by atoms with Gasteiger partial charge in [-0.15, -0.1) is 0 Å². The Morgan fingerprint density at radius 2 is 1.84 bits per heavy atom. The van der Waals surface area contributed by atoms with E-state index in [-0.39, 0.29) is 5.91 Å². The van der Waals surface area contributed by atoms with Crippen molar-refractivity contribution in [1.82, 2.24) is 44.7 Å². The molecule has 2 saturated heterocycles. The van der Waals surface area contributed by atoms with Gasteiger partial charge in [0.05, 0.1) is 34.2 Å². The summed E-state index contributed by atoms with van der Waals surface area (Å²) in [6.45, 7) is 3.44. The first-order valence-corrected chi connectivity index (χ1v) is 12.7. The molecule has 0 aliphatic carbocycles. The van der Waals surface area contributed by atoms with Crippen LogP contribution in [0.1, 0.15) is 41.7 Å². The van der Waals surface area contributed by atoms with Crippen LogP contribution in [0.2, 0.25) is 0 Å². The lowest BCUT2D eigenvalue weighted by Gasteiger charge is -2.21. The van der Waals surface area contributed by atoms with Gasteiger partial charge in [-0.3, -0.25) is 19.4 Å². The number of anilines is 4. The maximum absolute atomic E-state index is 12.9. The van der Waals surface area contributed by atoms with Gasteiger partial charge in [-0.25, -0.2) is 9.67 Å². The molecule has 1 amide bonds. The standard InChI is InChI=1S/C25H31N11O/c1-15-21(10-16(11-27-15)24(37)26-8-9-36-18-4-5-19(36)7-6-18)31-22-20-13-28-25(32-23(20)35(3)33-22)30-17-12-29-34(2)14-17/h10-14,18-19H,4-9H2,1-3H3,(H,26,37)(H,31,33)(H,28,30,32). The van der Waals surface area contributed by atoms with E-state index in [0.717, 1.165) is 23.3 Å². The van der Waals surface area contributed by atoms with E-state index in [9.17, 15) is 4.79 Å². The Bertz CT molecular complexity index is 1440. The van der Waals surface area contributed by atoms with Gasteiger partial charge in [0.2, 0.25) is 5.95 Å². The van der Waals surface area contributed by atoms with Gasteiger partial charge in [-0.05, 0) is 38.7 Å². The zero-order chi connectivity index (χ0) is 25.5. The molecular formula is C25H31N11O. The maximum atomic E-state index is 12.9. The molecule has 4 aromatic heterocycles. The van der Waals surface area contributed by atoms with E-state index in [4.69, 9.17) is 0 Å². The normalized spacial score (nSPS) is 19.0. The summed E-state index contributed by atoms with van der Waals surface area (Å²) in [5, 5.41) is 19.0. The molecule has 0 unspecified atom stereocenters. The van der Waals surface area contributed by atoms with E-state index in [1.165, 1.54) is 25.7 Å². The summed E-state index contributed by atoms with van der Waals surface area (Å²) >= 11 is 0. The van der Waals surface area contributed by atoms with Crippen molar-refractivity contribution in [3.05, 3.63) is 42.1 Å². The lowest BCUT2D eigenvalue weighted by molar-refractivity contribution is 0.0946. The van der Waals surface area contributed by atoms with Crippen LogP contribution in [-0.4, -0.2) is 70.5 Å². The van der Waals surface area contributed by atoms with Crippen molar-refractivity contribution in [1.29, 1.82) is 0 Å². The largest absolute Gasteiger partial charge is 0.351 e. The molecule has 12 nitrogen and oxygen atoms in total. The smallest absolute Gasteiger partial charge is 0.252 e. The summed E-state index contributed by atoms with van der Waals surface area (Å²) in [7, 11) is 3.68. The van der Waals surface area contributed by atoms with Crippen molar-refractivity contribution in [2.45, 2.75) is 44.7 Å². The molecule has 6 rings (SSSR count). The third kappa shape index (κ3) is 4.59. The molecule has 2 bridgehead atoms. The monoisotopic (exact) mass is 501 g/mol. The van der Waals surface area contributed by atoms with Crippen LogP contribution in [0.5, 0.6) is 0 Å². The maximum Gasteiger partial charge on any atom is 0.252 e. The van der Waals surface area contributed by atoms with Gasteiger partial charge in [0.1, 0.15) is 0 Å². The highest BCUT2D eigenvalue weighted by atomic mass is 16.1. The SMILES string of the molecule is Cc1ncc(C(=O)NCCN2C3CCC2CC3)cc1Nc1nn(C)c2nc(Nc3cnn(C)c3)ncc12. The second-order valence-electron chi connectivity index (χ2n) is 9.87. The molecule has 37 heavy (non-hydrogen) atoms. The highest BCUT2D eigenvalue weighted by Gasteiger charge is 2.38. The van der Waals surface area contributed by atoms with Crippen LogP contribution in [0.3, 0.4) is 0 Å². The Labute approximate surface area is 214 Å². The summed E-state index contributed by atoms with van der Waals surface area (Å²) < 4.78 is 3.40. The fourth-order valence-corrected chi connectivity index (χ4v) is 5.50. The zero-order valence-corrected chi connectivity index (χ0v) is 21.3. The van der Waals surface area contributed by atoms with Gasteiger partial charge >= 0.3 is 0 Å². The van der Waals surface area contributed by atoms with E-state index < -0.39 is 0 Å². The van der Waals surface area contributed by atoms with Gasteiger partial charge in [-0.1, -0.05) is 0 Å². The Kier molecular flexibility index (Phi) is 5.95. The predicted molar refractivity (Wildman–Crippen MR) is 140 cm³/mol. The van der Waals surface area contributed by atoms with Crippen LogP contribution in [0.15, 0.2) is 30.9 Å². The predicted octanol–water partition coefficient (Wildman–Crippen LogP) is 2.64. The third-order valence-electron chi connectivity index (χ3n) is 7.40. The number of carbonyl (C=O) groups is 1. The van der Waals surface area contributed by atoms with E-state index in [0.29, 0.717) is 47.3 Å². The number of rotatable bonds is 8. The first-order valence-electron chi connectivity index (χ1n) is 12.7. The van der Waals surface area contributed by atoms with Gasteiger partial charge in [0.25, 0.3) is 5.91 Å². The zero-order valence-electron chi connectivity index (χ0n) is 21.3. The molecule has 3 N–H and O–H groups in total. The second kappa shape index (κ2) is 9.43. The highest BCUT2D eigenvalue weighted by molar-refractivity contribution is 5.96. The number of nitrogens with one attached hydrogen (secondary N) is 3. The Morgan fingerprint density at radius 1 is 1.05 bits per heavy atom. The summed E-state index contributed by atoms with van der Waals surface area (Å²) in [4.78, 5) is 28.9. The fraction of sp³-hybridized carbons (Fsp3) is 0.440. The molecule has 0 aromatic carbocycles. The fourth-order valence-electron chi connectivity index (χ4n) is 5.50. The number of aryl methyl sites for hydroxylation is 3. The minimum absolute atomic E-state index is 0.123. The minimum atomic E-state index is -0.123. The molecule has 0 atom stereocenters. The number of carbonyl (C=O) groups excluding carboxylic acids is 1. The number of fused-ring (bicyclic) bond motifs is 3. The quantitative estimate of drug-likeness (QED) is 0.333. The van der Waals surface area contributed by atoms with Gasteiger partial charge in [0, 0.05) is 57.9 Å². The molecule has 192 valence electrons. The molecule has 4 aromatic rings. The van der Waals surface area contributed by atoms with E-state index in [1.54, 1.807) is 28.0 Å². The summed E-state index contributed by atoms with van der Waals surface area (Å²) in [6.07, 6.45) is 12.1. The van der Waals surface area contributed by atoms with Gasteiger partial charge in [-0.2, -0.15) is 15.2 Å². The van der Waals surface area contributed by atoms with Crippen LogP contribution in [0, 0.1) is 6.92 Å². The van der Waals surface area contributed by atoms with E-state index in [1.807, 2.05) is 33.3 Å². The van der Waals surface area contributed by atoms with Crippen LogP contribution >= 0.6 is 0 Å². The summed E-state index contributed by atoms with van der Waals surface area (Å²) in [5.41, 5.74) is 3.45. The lowest BCUT2D eigenvalue weighted by Crippen LogP contribution is -2.37. The summed E-state index contributed by atoms with van der Waals surface area (Å²) in [5.74, 6) is 0.924. The topological polar surface area (TPSA) is 131 Å². The Balaban J connectivity index is 1.15. The number of pyridine rings is 1. The Morgan fingerprint density at radius 3 is 2.57 bits per heavy atom.